The number of aromatic nitrogens is 2. The van der Waals surface area contributed by atoms with Crippen molar-refractivity contribution in [2.24, 2.45) is 11.8 Å². The molecule has 3 aliphatic carbocycles. The minimum atomic E-state index is 0.0510. The van der Waals surface area contributed by atoms with Crippen molar-refractivity contribution >= 4 is 27.5 Å². The molecule has 0 aliphatic heterocycles. The van der Waals surface area contributed by atoms with Gasteiger partial charge in [-0.25, -0.2) is 4.98 Å². The molecule has 2 N–H and O–H groups in total. The zero-order valence-corrected chi connectivity index (χ0v) is 13.5. The fraction of sp³-hybridized carbons (Fsp3) is 0.647. The molecule has 3 aliphatic rings. The SMILES string of the molecule is O=c1[nH]c(N[C@@H]2CC3CCC2C3)nc2sc3c(c12)CCCC3. The van der Waals surface area contributed by atoms with Gasteiger partial charge in [0, 0.05) is 10.9 Å². The second-order valence-electron chi connectivity index (χ2n) is 7.23. The van der Waals surface area contributed by atoms with Crippen LogP contribution >= 0.6 is 11.3 Å². The number of thiophene rings is 1. The Bertz CT molecular complexity index is 793. The topological polar surface area (TPSA) is 57.8 Å². The number of fused-ring (bicyclic) bond motifs is 5. The third-order valence-corrected chi connectivity index (χ3v) is 7.07. The molecule has 0 radical (unpaired) electrons. The number of aryl methyl sites for hydroxylation is 2. The van der Waals surface area contributed by atoms with Crippen molar-refractivity contribution in [3.05, 3.63) is 20.8 Å². The molecule has 5 rings (SSSR count). The van der Waals surface area contributed by atoms with Crippen LogP contribution in [-0.4, -0.2) is 16.0 Å². The number of hydrogen-bond acceptors (Lipinski definition) is 4. The number of nitrogens with one attached hydrogen (secondary N) is 2. The van der Waals surface area contributed by atoms with Crippen molar-refractivity contribution in [2.45, 2.75) is 57.4 Å². The molecule has 2 aromatic heterocycles. The zero-order valence-electron chi connectivity index (χ0n) is 12.7. The highest BCUT2D eigenvalue weighted by molar-refractivity contribution is 7.18. The maximum Gasteiger partial charge on any atom is 0.261 e. The standard InChI is InChI=1S/C17H21N3OS/c21-15-14-11-3-1-2-4-13(11)22-16(14)20-17(19-15)18-12-8-9-5-6-10(12)7-9/h9-10,12H,1-8H2,(H2,18,19,20,21)/t9?,10?,12-/m1/s1. The van der Waals surface area contributed by atoms with Crippen molar-refractivity contribution in [1.29, 1.82) is 0 Å². The zero-order chi connectivity index (χ0) is 14.7. The van der Waals surface area contributed by atoms with E-state index in [9.17, 15) is 4.79 Å². The molecule has 2 bridgehead atoms. The van der Waals surface area contributed by atoms with Gasteiger partial charge in [0.1, 0.15) is 4.83 Å². The molecule has 0 amide bonds. The Balaban J connectivity index is 1.51. The molecule has 3 atom stereocenters. The molecule has 2 fully saturated rings. The van der Waals surface area contributed by atoms with E-state index in [4.69, 9.17) is 4.98 Å². The molecule has 2 unspecified atom stereocenters. The molecule has 22 heavy (non-hydrogen) atoms. The summed E-state index contributed by atoms with van der Waals surface area (Å²) in [6.07, 6.45) is 9.93. The van der Waals surface area contributed by atoms with Crippen LogP contribution in [0.5, 0.6) is 0 Å². The van der Waals surface area contributed by atoms with Gasteiger partial charge < -0.3 is 5.32 Å². The van der Waals surface area contributed by atoms with E-state index < -0.39 is 0 Å². The Morgan fingerprint density at radius 2 is 2.09 bits per heavy atom. The molecule has 2 aromatic rings. The number of aromatic amines is 1. The van der Waals surface area contributed by atoms with Crippen LogP contribution in [0.25, 0.3) is 10.2 Å². The molecule has 0 aromatic carbocycles. The Morgan fingerprint density at radius 1 is 1.18 bits per heavy atom. The smallest absolute Gasteiger partial charge is 0.261 e. The molecule has 116 valence electrons. The fourth-order valence-electron chi connectivity index (χ4n) is 4.83. The fourth-order valence-corrected chi connectivity index (χ4v) is 6.09. The molecule has 5 heteroatoms. The lowest BCUT2D eigenvalue weighted by Gasteiger charge is -2.22. The highest BCUT2D eigenvalue weighted by Crippen LogP contribution is 2.45. The summed E-state index contributed by atoms with van der Waals surface area (Å²) < 4.78 is 0. The van der Waals surface area contributed by atoms with Crippen LogP contribution in [0.1, 0.15) is 49.0 Å². The second-order valence-corrected chi connectivity index (χ2v) is 8.31. The Hall–Kier alpha value is -1.36. The summed E-state index contributed by atoms with van der Waals surface area (Å²) in [4.78, 5) is 22.6. The molecular weight excluding hydrogens is 294 g/mol. The first-order chi connectivity index (χ1) is 10.8. The summed E-state index contributed by atoms with van der Waals surface area (Å²) in [6, 6.07) is 0.508. The maximum absolute atomic E-state index is 12.5. The van der Waals surface area contributed by atoms with E-state index in [0.717, 1.165) is 34.9 Å². The molecule has 2 heterocycles. The lowest BCUT2D eigenvalue weighted by atomic mass is 9.95. The van der Waals surface area contributed by atoms with Gasteiger partial charge in [-0.1, -0.05) is 6.42 Å². The lowest BCUT2D eigenvalue weighted by molar-refractivity contribution is 0.438. The Kier molecular flexibility index (Phi) is 2.87. The molecule has 0 spiro atoms. The van der Waals surface area contributed by atoms with Gasteiger partial charge in [0.2, 0.25) is 5.95 Å². The largest absolute Gasteiger partial charge is 0.353 e. The number of rotatable bonds is 2. The van der Waals surface area contributed by atoms with Crippen LogP contribution in [0.2, 0.25) is 0 Å². The highest BCUT2D eigenvalue weighted by Gasteiger charge is 2.39. The van der Waals surface area contributed by atoms with Gasteiger partial charge in [-0.15, -0.1) is 11.3 Å². The first-order valence-electron chi connectivity index (χ1n) is 8.59. The highest BCUT2D eigenvalue weighted by atomic mass is 32.1. The third-order valence-electron chi connectivity index (χ3n) is 5.89. The molecule has 4 nitrogen and oxygen atoms in total. The summed E-state index contributed by atoms with van der Waals surface area (Å²) in [6.45, 7) is 0. The van der Waals surface area contributed by atoms with Crippen molar-refractivity contribution in [2.75, 3.05) is 5.32 Å². The molecule has 2 saturated carbocycles. The second kappa shape index (κ2) is 4.82. The van der Waals surface area contributed by atoms with Crippen molar-refractivity contribution in [3.8, 4) is 0 Å². The first-order valence-corrected chi connectivity index (χ1v) is 9.40. The third kappa shape index (κ3) is 1.94. The monoisotopic (exact) mass is 315 g/mol. The van der Waals surface area contributed by atoms with E-state index >= 15 is 0 Å². The van der Waals surface area contributed by atoms with Crippen molar-refractivity contribution < 1.29 is 0 Å². The quantitative estimate of drug-likeness (QED) is 0.892. The van der Waals surface area contributed by atoms with Gasteiger partial charge in [-0.2, -0.15) is 0 Å². The normalized spacial score (nSPS) is 29.9. The van der Waals surface area contributed by atoms with E-state index in [-0.39, 0.29) is 5.56 Å². The first kappa shape index (κ1) is 13.1. The predicted octanol–water partition coefficient (Wildman–Crippen LogP) is 3.46. The van der Waals surface area contributed by atoms with Gasteiger partial charge in [0.25, 0.3) is 5.56 Å². The number of anilines is 1. The van der Waals surface area contributed by atoms with Gasteiger partial charge in [-0.05, 0) is 62.3 Å². The molecule has 0 saturated heterocycles. The lowest BCUT2D eigenvalue weighted by Crippen LogP contribution is -2.28. The van der Waals surface area contributed by atoms with Crippen LogP contribution in [-0.2, 0) is 12.8 Å². The van der Waals surface area contributed by atoms with Gasteiger partial charge >= 0.3 is 0 Å². The van der Waals surface area contributed by atoms with E-state index in [1.165, 1.54) is 49.0 Å². The van der Waals surface area contributed by atoms with Crippen LogP contribution in [0.4, 0.5) is 5.95 Å². The van der Waals surface area contributed by atoms with E-state index in [0.29, 0.717) is 12.0 Å². The van der Waals surface area contributed by atoms with Gasteiger partial charge in [-0.3, -0.25) is 9.78 Å². The predicted molar refractivity (Wildman–Crippen MR) is 89.7 cm³/mol. The Morgan fingerprint density at radius 3 is 2.91 bits per heavy atom. The van der Waals surface area contributed by atoms with Crippen LogP contribution in [0, 0.1) is 11.8 Å². The van der Waals surface area contributed by atoms with Crippen LogP contribution < -0.4 is 10.9 Å². The van der Waals surface area contributed by atoms with Crippen molar-refractivity contribution in [1.82, 2.24) is 9.97 Å². The maximum atomic E-state index is 12.5. The van der Waals surface area contributed by atoms with Crippen LogP contribution in [0.3, 0.4) is 0 Å². The number of H-pyrrole nitrogens is 1. The summed E-state index contributed by atoms with van der Waals surface area (Å²) in [5.41, 5.74) is 1.32. The summed E-state index contributed by atoms with van der Waals surface area (Å²) >= 11 is 1.73. The molecular formula is C17H21N3OS. The average molecular weight is 315 g/mol. The summed E-state index contributed by atoms with van der Waals surface area (Å²) in [5, 5.41) is 4.39. The van der Waals surface area contributed by atoms with Gasteiger partial charge in [0.05, 0.1) is 5.39 Å². The van der Waals surface area contributed by atoms with E-state index in [2.05, 4.69) is 10.3 Å². The Labute approximate surface area is 133 Å². The van der Waals surface area contributed by atoms with E-state index in [1.807, 2.05) is 0 Å². The van der Waals surface area contributed by atoms with Crippen molar-refractivity contribution in [3.63, 3.8) is 0 Å². The summed E-state index contributed by atoms with van der Waals surface area (Å²) in [5.74, 6) is 2.36. The number of nitrogens with zero attached hydrogens (tertiary/aromatic N) is 1. The van der Waals surface area contributed by atoms with E-state index in [1.54, 1.807) is 11.3 Å². The average Bonchev–Trinajstić information content (AvgIpc) is 3.19. The minimum absolute atomic E-state index is 0.0510. The minimum Gasteiger partial charge on any atom is -0.353 e. The number of hydrogen-bond donors (Lipinski definition) is 2. The van der Waals surface area contributed by atoms with Crippen LogP contribution in [0.15, 0.2) is 4.79 Å². The summed E-state index contributed by atoms with van der Waals surface area (Å²) in [7, 11) is 0. The van der Waals surface area contributed by atoms with Gasteiger partial charge in [0.15, 0.2) is 0 Å².